The predicted octanol–water partition coefficient (Wildman–Crippen LogP) is 1.35. The van der Waals surface area contributed by atoms with Crippen LogP contribution >= 0.6 is 11.3 Å². The van der Waals surface area contributed by atoms with E-state index < -0.39 is 10.0 Å². The molecular formula is C14H16N4O4S2. The Morgan fingerprint density at radius 1 is 1.38 bits per heavy atom. The number of ketones is 1. The second-order valence-corrected chi connectivity index (χ2v) is 8.44. The van der Waals surface area contributed by atoms with Crippen LogP contribution in [0, 0.1) is 0 Å². The van der Waals surface area contributed by atoms with Crippen molar-refractivity contribution in [1.29, 1.82) is 0 Å². The fourth-order valence-electron chi connectivity index (χ4n) is 2.43. The van der Waals surface area contributed by atoms with E-state index in [1.165, 1.54) is 15.6 Å². The van der Waals surface area contributed by atoms with Gasteiger partial charge in [-0.1, -0.05) is 6.07 Å². The van der Waals surface area contributed by atoms with E-state index in [2.05, 4.69) is 15.5 Å². The number of H-pyrrole nitrogens is 1. The quantitative estimate of drug-likeness (QED) is 0.748. The zero-order valence-corrected chi connectivity index (χ0v) is 14.5. The van der Waals surface area contributed by atoms with E-state index in [4.69, 9.17) is 0 Å². The lowest BCUT2D eigenvalue weighted by Gasteiger charge is -2.11. The standard InChI is InChI=1S/C14H16N4O4S2/c1-24(21,22)18-7-9-10(8-18)16-17-14(9)15-13(20)5-4-11(19)12-3-2-6-23-12/h2-3,6H,4-5,7-8H2,1H3,(H2,15,16,17,20). The van der Waals surface area contributed by atoms with Crippen LogP contribution in [0.25, 0.3) is 0 Å². The van der Waals surface area contributed by atoms with Gasteiger partial charge in [0.2, 0.25) is 15.9 Å². The number of carbonyl (C=O) groups excluding carboxylic acids is 2. The molecule has 1 amide bonds. The summed E-state index contributed by atoms with van der Waals surface area (Å²) >= 11 is 1.35. The Balaban J connectivity index is 1.58. The third kappa shape index (κ3) is 3.55. The van der Waals surface area contributed by atoms with Crippen molar-refractivity contribution in [3.05, 3.63) is 33.6 Å². The molecule has 0 bridgehead atoms. The van der Waals surface area contributed by atoms with E-state index >= 15 is 0 Å². The number of hydrogen-bond donors (Lipinski definition) is 2. The van der Waals surface area contributed by atoms with Crippen molar-refractivity contribution in [3.8, 4) is 0 Å². The van der Waals surface area contributed by atoms with Crippen molar-refractivity contribution in [2.45, 2.75) is 25.9 Å². The molecule has 0 saturated carbocycles. The molecule has 1 aliphatic heterocycles. The first-order valence-electron chi connectivity index (χ1n) is 7.22. The number of aromatic nitrogens is 2. The van der Waals surface area contributed by atoms with E-state index in [-0.39, 0.29) is 37.6 Å². The minimum atomic E-state index is -3.30. The summed E-state index contributed by atoms with van der Waals surface area (Å²) in [5.41, 5.74) is 1.34. The molecule has 0 fully saturated rings. The summed E-state index contributed by atoms with van der Waals surface area (Å²) in [5, 5.41) is 11.2. The predicted molar refractivity (Wildman–Crippen MR) is 89.2 cm³/mol. The van der Waals surface area contributed by atoms with Gasteiger partial charge in [0.15, 0.2) is 11.6 Å². The Morgan fingerprint density at radius 3 is 2.83 bits per heavy atom. The van der Waals surface area contributed by atoms with Crippen LogP contribution in [-0.2, 0) is 27.9 Å². The van der Waals surface area contributed by atoms with Gasteiger partial charge >= 0.3 is 0 Å². The lowest BCUT2D eigenvalue weighted by molar-refractivity contribution is -0.116. The van der Waals surface area contributed by atoms with Gasteiger partial charge in [0.1, 0.15) is 0 Å². The summed E-state index contributed by atoms with van der Waals surface area (Å²) < 4.78 is 24.5. The van der Waals surface area contributed by atoms with Crippen LogP contribution in [0.15, 0.2) is 17.5 Å². The number of sulfonamides is 1. The normalized spacial score (nSPS) is 14.5. The maximum Gasteiger partial charge on any atom is 0.226 e. The summed E-state index contributed by atoms with van der Waals surface area (Å²) in [4.78, 5) is 24.5. The highest BCUT2D eigenvalue weighted by Crippen LogP contribution is 2.28. The lowest BCUT2D eigenvalue weighted by Crippen LogP contribution is -2.24. The van der Waals surface area contributed by atoms with Crippen LogP contribution in [0.1, 0.15) is 33.8 Å². The zero-order valence-electron chi connectivity index (χ0n) is 12.9. The van der Waals surface area contributed by atoms with Crippen LogP contribution in [0.4, 0.5) is 5.82 Å². The molecule has 2 N–H and O–H groups in total. The first-order chi connectivity index (χ1) is 11.3. The number of thiophene rings is 1. The van der Waals surface area contributed by atoms with Crippen molar-refractivity contribution in [1.82, 2.24) is 14.5 Å². The Morgan fingerprint density at radius 2 is 2.17 bits per heavy atom. The van der Waals surface area contributed by atoms with Crippen LogP contribution in [0.5, 0.6) is 0 Å². The van der Waals surface area contributed by atoms with Crippen molar-refractivity contribution >= 4 is 38.9 Å². The van der Waals surface area contributed by atoms with E-state index in [9.17, 15) is 18.0 Å². The van der Waals surface area contributed by atoms with Gasteiger partial charge in [0, 0.05) is 24.9 Å². The fourth-order valence-corrected chi connectivity index (χ4v) is 3.85. The minimum absolute atomic E-state index is 0.0498. The van der Waals surface area contributed by atoms with Gasteiger partial charge in [0.25, 0.3) is 0 Å². The second kappa shape index (κ2) is 6.46. The topological polar surface area (TPSA) is 112 Å². The van der Waals surface area contributed by atoms with E-state index in [0.717, 1.165) is 6.26 Å². The molecule has 8 nitrogen and oxygen atoms in total. The van der Waals surface area contributed by atoms with Crippen molar-refractivity contribution in [3.63, 3.8) is 0 Å². The molecule has 0 aliphatic carbocycles. The molecule has 3 heterocycles. The number of nitrogens with one attached hydrogen (secondary N) is 2. The maximum absolute atomic E-state index is 12.0. The average Bonchev–Trinajstić information content (AvgIpc) is 3.22. The van der Waals surface area contributed by atoms with E-state index in [1.54, 1.807) is 12.1 Å². The molecule has 2 aromatic rings. The highest BCUT2D eigenvalue weighted by molar-refractivity contribution is 7.88. The SMILES string of the molecule is CS(=O)(=O)N1Cc2[nH]nc(NC(=O)CCC(=O)c3cccs3)c2C1. The number of Topliss-reactive ketones (excluding diaryl/α,β-unsaturated/α-hetero) is 1. The van der Waals surface area contributed by atoms with Crippen LogP contribution in [0.2, 0.25) is 0 Å². The number of nitrogens with zero attached hydrogens (tertiary/aromatic N) is 2. The van der Waals surface area contributed by atoms with Crippen LogP contribution in [-0.4, -0.2) is 40.9 Å². The molecule has 0 aromatic carbocycles. The minimum Gasteiger partial charge on any atom is -0.309 e. The van der Waals surface area contributed by atoms with Crippen molar-refractivity contribution in [2.75, 3.05) is 11.6 Å². The highest BCUT2D eigenvalue weighted by atomic mass is 32.2. The molecule has 24 heavy (non-hydrogen) atoms. The number of rotatable bonds is 6. The van der Waals surface area contributed by atoms with Gasteiger partial charge in [-0.3, -0.25) is 14.7 Å². The molecule has 0 unspecified atom stereocenters. The molecule has 1 aliphatic rings. The number of carbonyl (C=O) groups is 2. The van der Waals surface area contributed by atoms with Crippen LogP contribution in [0.3, 0.4) is 0 Å². The molecular weight excluding hydrogens is 352 g/mol. The van der Waals surface area contributed by atoms with E-state index in [0.29, 0.717) is 22.0 Å². The van der Waals surface area contributed by atoms with Crippen molar-refractivity contribution in [2.24, 2.45) is 0 Å². The zero-order chi connectivity index (χ0) is 17.3. The Labute approximate surface area is 142 Å². The lowest BCUT2D eigenvalue weighted by atomic mass is 10.2. The van der Waals surface area contributed by atoms with Crippen molar-refractivity contribution < 1.29 is 18.0 Å². The third-order valence-electron chi connectivity index (χ3n) is 3.72. The smallest absolute Gasteiger partial charge is 0.226 e. The number of aromatic amines is 1. The Hall–Kier alpha value is -2.04. The van der Waals surface area contributed by atoms with Gasteiger partial charge in [-0.05, 0) is 11.4 Å². The molecule has 0 saturated heterocycles. The number of anilines is 1. The monoisotopic (exact) mass is 368 g/mol. The summed E-state index contributed by atoms with van der Waals surface area (Å²) in [5.74, 6) is -0.0765. The molecule has 0 atom stereocenters. The van der Waals surface area contributed by atoms with Gasteiger partial charge < -0.3 is 5.32 Å². The first-order valence-corrected chi connectivity index (χ1v) is 9.95. The second-order valence-electron chi connectivity index (χ2n) is 5.51. The average molecular weight is 368 g/mol. The number of fused-ring (bicyclic) bond motifs is 1. The van der Waals surface area contributed by atoms with E-state index in [1.807, 2.05) is 5.38 Å². The fraction of sp³-hybridized carbons (Fsp3) is 0.357. The third-order valence-corrected chi connectivity index (χ3v) is 5.83. The van der Waals surface area contributed by atoms with Gasteiger partial charge in [-0.2, -0.15) is 9.40 Å². The highest BCUT2D eigenvalue weighted by Gasteiger charge is 2.30. The Kier molecular flexibility index (Phi) is 4.52. The summed E-state index contributed by atoms with van der Waals surface area (Å²) in [7, 11) is -3.30. The largest absolute Gasteiger partial charge is 0.309 e. The molecule has 3 rings (SSSR count). The molecule has 2 aromatic heterocycles. The first kappa shape index (κ1) is 16.8. The summed E-state index contributed by atoms with van der Waals surface area (Å²) in [6, 6.07) is 3.52. The van der Waals surface area contributed by atoms with Gasteiger partial charge in [-0.25, -0.2) is 8.42 Å². The number of hydrogen-bond acceptors (Lipinski definition) is 6. The Bertz CT molecular complexity index is 871. The summed E-state index contributed by atoms with van der Waals surface area (Å²) in [6.07, 6.45) is 1.31. The maximum atomic E-state index is 12.0. The molecule has 0 spiro atoms. The molecule has 0 radical (unpaired) electrons. The van der Waals surface area contributed by atoms with Gasteiger partial charge in [-0.15, -0.1) is 11.3 Å². The van der Waals surface area contributed by atoms with Crippen LogP contribution < -0.4 is 5.32 Å². The van der Waals surface area contributed by atoms with Gasteiger partial charge in [0.05, 0.1) is 23.4 Å². The molecule has 128 valence electrons. The molecule has 10 heteroatoms. The summed E-state index contributed by atoms with van der Waals surface area (Å²) in [6.45, 7) is 0.391. The number of amides is 1.